The number of halogens is 3. The molecule has 0 spiro atoms. The number of carboxylic acid groups (broad SMARTS) is 1. The number of hydrogen-bond donors (Lipinski definition) is 1. The fraction of sp³-hybridized carbons (Fsp3) is 0.143. The average Bonchev–Trinajstić information content (AvgIpc) is 2.37. The number of carboxylic acids is 1. The smallest absolute Gasteiger partial charge is 0.417 e. The maximum Gasteiger partial charge on any atom is 0.417 e. The maximum atomic E-state index is 13.0. The summed E-state index contributed by atoms with van der Waals surface area (Å²) in [7, 11) is 0. The third kappa shape index (κ3) is 2.49. The zero-order valence-electron chi connectivity index (χ0n) is 10.4. The number of aromatic nitrogens is 1. The van der Waals surface area contributed by atoms with E-state index in [2.05, 4.69) is 4.98 Å². The monoisotopic (exact) mass is 281 g/mol. The Morgan fingerprint density at radius 1 is 1.20 bits per heavy atom. The molecule has 1 aromatic heterocycles. The molecular formula is C14H10F3NO2. The van der Waals surface area contributed by atoms with Crippen LogP contribution in [-0.2, 0) is 6.18 Å². The summed E-state index contributed by atoms with van der Waals surface area (Å²) in [6.07, 6.45) is -3.28. The first kappa shape index (κ1) is 14.0. The predicted octanol–water partition coefficient (Wildman–Crippen LogP) is 3.77. The lowest BCUT2D eigenvalue weighted by atomic mass is 9.97. The van der Waals surface area contributed by atoms with Gasteiger partial charge < -0.3 is 5.11 Å². The van der Waals surface area contributed by atoms with Crippen molar-refractivity contribution in [2.45, 2.75) is 13.1 Å². The molecular weight excluding hydrogens is 271 g/mol. The molecule has 0 bridgehead atoms. The summed E-state index contributed by atoms with van der Waals surface area (Å²) in [6.45, 7) is 1.52. The van der Waals surface area contributed by atoms with E-state index in [1.807, 2.05) is 0 Å². The Labute approximate surface area is 112 Å². The minimum absolute atomic E-state index is 0.176. The molecule has 0 fully saturated rings. The highest BCUT2D eigenvalue weighted by atomic mass is 19.4. The van der Waals surface area contributed by atoms with Gasteiger partial charge in [-0.15, -0.1) is 0 Å². The standard InChI is InChI=1S/C14H10F3NO2/c1-8-6-7-18-12(11(8)13(19)20)9-4-2-3-5-10(9)14(15,16)17/h2-7H,1H3,(H,19,20). The molecule has 104 valence electrons. The van der Waals surface area contributed by atoms with Crippen LogP contribution in [0.3, 0.4) is 0 Å². The molecule has 0 aliphatic carbocycles. The normalized spacial score (nSPS) is 11.4. The van der Waals surface area contributed by atoms with Crippen molar-refractivity contribution < 1.29 is 23.1 Å². The van der Waals surface area contributed by atoms with E-state index in [-0.39, 0.29) is 16.8 Å². The van der Waals surface area contributed by atoms with Gasteiger partial charge in [0.15, 0.2) is 0 Å². The van der Waals surface area contributed by atoms with E-state index in [4.69, 9.17) is 0 Å². The number of alkyl halides is 3. The first-order chi connectivity index (χ1) is 9.32. The number of benzene rings is 1. The van der Waals surface area contributed by atoms with E-state index in [1.165, 1.54) is 37.4 Å². The highest BCUT2D eigenvalue weighted by Crippen LogP contribution is 2.37. The summed E-state index contributed by atoms with van der Waals surface area (Å²) >= 11 is 0. The van der Waals surface area contributed by atoms with E-state index in [1.54, 1.807) is 0 Å². The Balaban J connectivity index is 2.77. The first-order valence-electron chi connectivity index (χ1n) is 5.68. The van der Waals surface area contributed by atoms with Crippen molar-refractivity contribution in [1.29, 1.82) is 0 Å². The highest BCUT2D eigenvalue weighted by molar-refractivity contribution is 5.96. The summed E-state index contributed by atoms with van der Waals surface area (Å²) in [5.41, 5.74) is -1.17. The van der Waals surface area contributed by atoms with Gasteiger partial charge in [-0.25, -0.2) is 4.79 Å². The van der Waals surface area contributed by atoms with Crippen LogP contribution in [0.1, 0.15) is 21.5 Å². The lowest BCUT2D eigenvalue weighted by Crippen LogP contribution is -2.10. The predicted molar refractivity (Wildman–Crippen MR) is 66.4 cm³/mol. The number of pyridine rings is 1. The zero-order chi connectivity index (χ0) is 14.9. The van der Waals surface area contributed by atoms with Crippen LogP contribution in [0.15, 0.2) is 36.5 Å². The minimum atomic E-state index is -4.57. The molecule has 0 amide bonds. The lowest BCUT2D eigenvalue weighted by Gasteiger charge is -2.14. The van der Waals surface area contributed by atoms with Gasteiger partial charge in [0.05, 0.1) is 16.8 Å². The molecule has 0 aliphatic heterocycles. The van der Waals surface area contributed by atoms with Gasteiger partial charge in [-0.05, 0) is 24.6 Å². The van der Waals surface area contributed by atoms with Crippen LogP contribution in [-0.4, -0.2) is 16.1 Å². The van der Waals surface area contributed by atoms with Gasteiger partial charge in [-0.2, -0.15) is 13.2 Å². The maximum absolute atomic E-state index is 13.0. The van der Waals surface area contributed by atoms with Gasteiger partial charge in [0.25, 0.3) is 0 Å². The summed E-state index contributed by atoms with van der Waals surface area (Å²) < 4.78 is 39.0. The van der Waals surface area contributed by atoms with E-state index >= 15 is 0 Å². The number of carbonyl (C=O) groups is 1. The van der Waals surface area contributed by atoms with Gasteiger partial charge in [0, 0.05) is 11.8 Å². The van der Waals surface area contributed by atoms with Gasteiger partial charge in [-0.3, -0.25) is 4.98 Å². The molecule has 0 atom stereocenters. The molecule has 0 unspecified atom stereocenters. The van der Waals surface area contributed by atoms with Crippen molar-refractivity contribution in [1.82, 2.24) is 4.98 Å². The fourth-order valence-corrected chi connectivity index (χ4v) is 1.97. The summed E-state index contributed by atoms with van der Waals surface area (Å²) in [4.78, 5) is 15.1. The lowest BCUT2D eigenvalue weighted by molar-refractivity contribution is -0.137. The number of nitrogens with zero attached hydrogens (tertiary/aromatic N) is 1. The second-order valence-electron chi connectivity index (χ2n) is 4.20. The molecule has 3 nitrogen and oxygen atoms in total. The molecule has 0 radical (unpaired) electrons. The van der Waals surface area contributed by atoms with E-state index in [9.17, 15) is 23.1 Å². The van der Waals surface area contributed by atoms with Crippen molar-refractivity contribution in [3.05, 3.63) is 53.2 Å². The third-order valence-electron chi connectivity index (χ3n) is 2.86. The fourth-order valence-electron chi connectivity index (χ4n) is 1.97. The Morgan fingerprint density at radius 3 is 2.45 bits per heavy atom. The van der Waals surface area contributed by atoms with Crippen molar-refractivity contribution in [2.24, 2.45) is 0 Å². The van der Waals surface area contributed by atoms with Crippen LogP contribution in [0.4, 0.5) is 13.2 Å². The second kappa shape index (κ2) is 4.96. The highest BCUT2D eigenvalue weighted by Gasteiger charge is 2.34. The minimum Gasteiger partial charge on any atom is -0.478 e. The summed E-state index contributed by atoms with van der Waals surface area (Å²) in [6, 6.07) is 6.24. The average molecular weight is 281 g/mol. The van der Waals surface area contributed by atoms with Crippen LogP contribution >= 0.6 is 0 Å². The van der Waals surface area contributed by atoms with Gasteiger partial charge in [0.2, 0.25) is 0 Å². The molecule has 1 heterocycles. The number of aryl methyl sites for hydroxylation is 1. The molecule has 0 saturated heterocycles. The number of hydrogen-bond acceptors (Lipinski definition) is 2. The molecule has 1 N–H and O–H groups in total. The van der Waals surface area contributed by atoms with E-state index in [0.717, 1.165) is 6.07 Å². The van der Waals surface area contributed by atoms with Crippen LogP contribution in [0.2, 0.25) is 0 Å². The van der Waals surface area contributed by atoms with Crippen LogP contribution in [0.5, 0.6) is 0 Å². The second-order valence-corrected chi connectivity index (χ2v) is 4.20. The summed E-state index contributed by atoms with van der Waals surface area (Å²) in [5.74, 6) is -1.30. The van der Waals surface area contributed by atoms with Crippen molar-refractivity contribution in [3.63, 3.8) is 0 Å². The molecule has 20 heavy (non-hydrogen) atoms. The van der Waals surface area contributed by atoms with Crippen molar-refractivity contribution in [2.75, 3.05) is 0 Å². The molecule has 2 aromatic rings. The third-order valence-corrected chi connectivity index (χ3v) is 2.86. The Hall–Kier alpha value is -2.37. The van der Waals surface area contributed by atoms with Crippen molar-refractivity contribution >= 4 is 5.97 Å². The molecule has 2 rings (SSSR count). The van der Waals surface area contributed by atoms with E-state index in [0.29, 0.717) is 5.56 Å². The van der Waals surface area contributed by atoms with Gasteiger partial charge in [-0.1, -0.05) is 18.2 Å². The zero-order valence-corrected chi connectivity index (χ0v) is 10.4. The van der Waals surface area contributed by atoms with Crippen LogP contribution in [0, 0.1) is 6.92 Å². The van der Waals surface area contributed by atoms with Gasteiger partial charge in [0.1, 0.15) is 0 Å². The van der Waals surface area contributed by atoms with Crippen LogP contribution in [0.25, 0.3) is 11.3 Å². The van der Waals surface area contributed by atoms with Crippen LogP contribution < -0.4 is 0 Å². The molecule has 1 aromatic carbocycles. The number of rotatable bonds is 2. The molecule has 0 aliphatic rings. The number of aromatic carboxylic acids is 1. The topological polar surface area (TPSA) is 50.2 Å². The molecule has 0 saturated carbocycles. The largest absolute Gasteiger partial charge is 0.478 e. The quantitative estimate of drug-likeness (QED) is 0.911. The Bertz CT molecular complexity index is 666. The van der Waals surface area contributed by atoms with E-state index < -0.39 is 17.7 Å². The Morgan fingerprint density at radius 2 is 1.85 bits per heavy atom. The SMILES string of the molecule is Cc1ccnc(-c2ccccc2C(F)(F)F)c1C(=O)O. The first-order valence-corrected chi connectivity index (χ1v) is 5.68. The van der Waals surface area contributed by atoms with Gasteiger partial charge >= 0.3 is 12.1 Å². The Kier molecular flexibility index (Phi) is 3.48. The summed E-state index contributed by atoms with van der Waals surface area (Å²) in [5, 5.41) is 9.18. The molecule has 6 heteroatoms. The van der Waals surface area contributed by atoms with Crippen molar-refractivity contribution in [3.8, 4) is 11.3 Å².